The Labute approximate surface area is 154 Å². The second-order valence-electron chi connectivity index (χ2n) is 6.98. The topological polar surface area (TPSA) is 66.5 Å². The highest BCUT2D eigenvalue weighted by molar-refractivity contribution is 7.92. The van der Waals surface area contributed by atoms with Crippen molar-refractivity contribution in [2.75, 3.05) is 16.2 Å². The molecule has 2 aromatic rings. The molecule has 0 spiro atoms. The molecule has 0 bridgehead atoms. The van der Waals surface area contributed by atoms with Gasteiger partial charge in [-0.3, -0.25) is 9.52 Å². The number of carbonyl (C=O) groups is 1. The van der Waals surface area contributed by atoms with Gasteiger partial charge in [-0.05, 0) is 49.1 Å². The van der Waals surface area contributed by atoms with Gasteiger partial charge in [0.2, 0.25) is 5.91 Å². The van der Waals surface area contributed by atoms with Crippen LogP contribution < -0.4 is 9.62 Å². The van der Waals surface area contributed by atoms with E-state index in [4.69, 9.17) is 0 Å². The van der Waals surface area contributed by atoms with Crippen LogP contribution in [0.15, 0.2) is 53.4 Å². The van der Waals surface area contributed by atoms with Gasteiger partial charge in [0.05, 0.1) is 10.6 Å². The minimum atomic E-state index is -3.64. The SMILES string of the molecule is O=C(C1CCCC1)N1CCc2ccc(NS(=O)(=O)c3ccccc3)cc21. The highest BCUT2D eigenvalue weighted by Gasteiger charge is 2.32. The molecule has 4 rings (SSSR count). The molecule has 2 aliphatic rings. The van der Waals surface area contributed by atoms with Crippen LogP contribution >= 0.6 is 0 Å². The van der Waals surface area contributed by atoms with Gasteiger partial charge in [0.25, 0.3) is 10.0 Å². The lowest BCUT2D eigenvalue weighted by Gasteiger charge is -2.21. The van der Waals surface area contributed by atoms with Crippen molar-refractivity contribution < 1.29 is 13.2 Å². The first kappa shape index (κ1) is 17.1. The van der Waals surface area contributed by atoms with Crippen molar-refractivity contribution in [3.05, 3.63) is 54.1 Å². The van der Waals surface area contributed by atoms with Crippen molar-refractivity contribution in [2.24, 2.45) is 5.92 Å². The first-order valence-electron chi connectivity index (χ1n) is 9.07. The molecule has 1 fully saturated rings. The van der Waals surface area contributed by atoms with Crippen LogP contribution in [0.5, 0.6) is 0 Å². The Kier molecular flexibility index (Phi) is 4.44. The third kappa shape index (κ3) is 3.21. The van der Waals surface area contributed by atoms with E-state index in [9.17, 15) is 13.2 Å². The second-order valence-corrected chi connectivity index (χ2v) is 8.67. The number of benzene rings is 2. The maximum Gasteiger partial charge on any atom is 0.261 e. The molecule has 1 aliphatic heterocycles. The van der Waals surface area contributed by atoms with Gasteiger partial charge >= 0.3 is 0 Å². The smallest absolute Gasteiger partial charge is 0.261 e. The summed E-state index contributed by atoms with van der Waals surface area (Å²) in [5.74, 6) is 0.301. The largest absolute Gasteiger partial charge is 0.312 e. The van der Waals surface area contributed by atoms with E-state index >= 15 is 0 Å². The van der Waals surface area contributed by atoms with Gasteiger partial charge in [0.1, 0.15) is 0 Å². The molecule has 1 saturated carbocycles. The van der Waals surface area contributed by atoms with E-state index in [-0.39, 0.29) is 16.7 Å². The Hall–Kier alpha value is -2.34. The lowest BCUT2D eigenvalue weighted by Crippen LogP contribution is -2.33. The lowest BCUT2D eigenvalue weighted by molar-refractivity contribution is -0.122. The van der Waals surface area contributed by atoms with Gasteiger partial charge in [-0.15, -0.1) is 0 Å². The van der Waals surface area contributed by atoms with Gasteiger partial charge in [0.15, 0.2) is 0 Å². The van der Waals surface area contributed by atoms with Crippen molar-refractivity contribution in [3.8, 4) is 0 Å². The Bertz CT molecular complexity index is 919. The summed E-state index contributed by atoms with van der Waals surface area (Å²) < 4.78 is 27.7. The van der Waals surface area contributed by atoms with E-state index in [1.807, 2.05) is 11.0 Å². The number of sulfonamides is 1. The predicted molar refractivity (Wildman–Crippen MR) is 102 cm³/mol. The minimum Gasteiger partial charge on any atom is -0.312 e. The maximum absolute atomic E-state index is 12.8. The van der Waals surface area contributed by atoms with Gasteiger partial charge in [-0.1, -0.05) is 37.1 Å². The summed E-state index contributed by atoms with van der Waals surface area (Å²) in [6.45, 7) is 0.680. The molecular weight excluding hydrogens is 348 g/mol. The van der Waals surface area contributed by atoms with Crippen molar-refractivity contribution >= 4 is 27.3 Å². The zero-order chi connectivity index (χ0) is 18.1. The van der Waals surface area contributed by atoms with Gasteiger partial charge in [0, 0.05) is 18.2 Å². The van der Waals surface area contributed by atoms with Crippen LogP contribution in [0.3, 0.4) is 0 Å². The van der Waals surface area contributed by atoms with Crippen LogP contribution in [0.2, 0.25) is 0 Å². The van der Waals surface area contributed by atoms with Crippen LogP contribution in [0.1, 0.15) is 31.2 Å². The number of fused-ring (bicyclic) bond motifs is 1. The first-order valence-corrected chi connectivity index (χ1v) is 10.5. The Morgan fingerprint density at radius 1 is 1.04 bits per heavy atom. The molecule has 1 aliphatic carbocycles. The van der Waals surface area contributed by atoms with E-state index in [1.165, 1.54) is 0 Å². The van der Waals surface area contributed by atoms with E-state index in [0.717, 1.165) is 43.4 Å². The third-order valence-corrected chi connectivity index (χ3v) is 6.65. The summed E-state index contributed by atoms with van der Waals surface area (Å²) in [5, 5.41) is 0. The molecule has 0 aromatic heterocycles. The minimum absolute atomic E-state index is 0.116. The molecule has 1 N–H and O–H groups in total. The fraction of sp³-hybridized carbons (Fsp3) is 0.350. The number of nitrogens with one attached hydrogen (secondary N) is 1. The van der Waals surface area contributed by atoms with Crippen molar-refractivity contribution in [1.29, 1.82) is 0 Å². The van der Waals surface area contributed by atoms with Gasteiger partial charge in [-0.2, -0.15) is 0 Å². The standard InChI is InChI=1S/C20H22N2O3S/c23-20(16-6-4-5-7-16)22-13-12-15-10-11-17(14-19(15)22)21-26(24,25)18-8-2-1-3-9-18/h1-3,8-11,14,16,21H,4-7,12-13H2. The van der Waals surface area contributed by atoms with Crippen molar-refractivity contribution in [1.82, 2.24) is 0 Å². The molecule has 0 saturated heterocycles. The van der Waals surface area contributed by atoms with E-state index < -0.39 is 10.0 Å². The Morgan fingerprint density at radius 2 is 1.77 bits per heavy atom. The molecule has 2 aromatic carbocycles. The van der Waals surface area contributed by atoms with E-state index in [0.29, 0.717) is 12.2 Å². The molecule has 5 nitrogen and oxygen atoms in total. The lowest BCUT2D eigenvalue weighted by atomic mass is 10.1. The summed E-state index contributed by atoms with van der Waals surface area (Å²) in [6.07, 6.45) is 4.98. The van der Waals surface area contributed by atoms with E-state index in [2.05, 4.69) is 4.72 Å². The fourth-order valence-electron chi connectivity index (χ4n) is 3.88. The highest BCUT2D eigenvalue weighted by atomic mass is 32.2. The van der Waals surface area contributed by atoms with Gasteiger partial charge < -0.3 is 4.90 Å². The number of rotatable bonds is 4. The zero-order valence-corrected chi connectivity index (χ0v) is 15.3. The molecule has 0 unspecified atom stereocenters. The molecular formula is C20H22N2O3S. The highest BCUT2D eigenvalue weighted by Crippen LogP contribution is 2.35. The fourth-order valence-corrected chi connectivity index (χ4v) is 4.95. The summed E-state index contributed by atoms with van der Waals surface area (Å²) in [7, 11) is -3.64. The average molecular weight is 370 g/mol. The zero-order valence-electron chi connectivity index (χ0n) is 14.5. The van der Waals surface area contributed by atoms with Crippen LogP contribution in [-0.4, -0.2) is 20.9 Å². The normalized spacial score (nSPS) is 17.3. The quantitative estimate of drug-likeness (QED) is 0.895. The molecule has 1 amide bonds. The number of nitrogens with zero attached hydrogens (tertiary/aromatic N) is 1. The maximum atomic E-state index is 12.8. The molecule has 0 atom stereocenters. The molecule has 6 heteroatoms. The van der Waals surface area contributed by atoms with Crippen molar-refractivity contribution in [3.63, 3.8) is 0 Å². The number of hydrogen-bond acceptors (Lipinski definition) is 3. The summed E-state index contributed by atoms with van der Waals surface area (Å²) >= 11 is 0. The van der Waals surface area contributed by atoms with Crippen LogP contribution in [0.4, 0.5) is 11.4 Å². The Balaban J connectivity index is 1.59. The third-order valence-electron chi connectivity index (χ3n) is 5.26. The number of anilines is 2. The molecule has 1 heterocycles. The molecule has 0 radical (unpaired) electrons. The molecule has 136 valence electrons. The van der Waals surface area contributed by atoms with Crippen LogP contribution in [0.25, 0.3) is 0 Å². The monoisotopic (exact) mass is 370 g/mol. The summed E-state index contributed by atoms with van der Waals surface area (Å²) in [4.78, 5) is 14.9. The van der Waals surface area contributed by atoms with Crippen LogP contribution in [0, 0.1) is 5.92 Å². The predicted octanol–water partition coefficient (Wildman–Crippen LogP) is 3.57. The number of hydrogen-bond donors (Lipinski definition) is 1. The second kappa shape index (κ2) is 6.76. The van der Waals surface area contributed by atoms with Crippen molar-refractivity contribution in [2.45, 2.75) is 37.0 Å². The van der Waals surface area contributed by atoms with Crippen LogP contribution in [-0.2, 0) is 21.2 Å². The summed E-state index contributed by atoms with van der Waals surface area (Å²) in [5.41, 5.74) is 2.42. The average Bonchev–Trinajstić information content (AvgIpc) is 3.31. The molecule has 26 heavy (non-hydrogen) atoms. The van der Waals surface area contributed by atoms with Gasteiger partial charge in [-0.25, -0.2) is 8.42 Å². The first-order chi connectivity index (χ1) is 12.5. The number of amides is 1. The van der Waals surface area contributed by atoms with E-state index in [1.54, 1.807) is 42.5 Å². The Morgan fingerprint density at radius 3 is 2.50 bits per heavy atom. The number of carbonyl (C=O) groups excluding carboxylic acids is 1. The summed E-state index contributed by atoms with van der Waals surface area (Å²) in [6, 6.07) is 13.8.